The molecule has 4 rings (SSSR count). The first kappa shape index (κ1) is 30.1. The zero-order valence-corrected chi connectivity index (χ0v) is 24.1. The molecule has 2 aliphatic rings. The van der Waals surface area contributed by atoms with Crippen LogP contribution in [0.5, 0.6) is 5.75 Å². The predicted octanol–water partition coefficient (Wildman–Crippen LogP) is 2.94. The Labute approximate surface area is 238 Å². The fourth-order valence-electron chi connectivity index (χ4n) is 5.48. The van der Waals surface area contributed by atoms with Crippen LogP contribution in [-0.4, -0.2) is 66.1 Å². The summed E-state index contributed by atoms with van der Waals surface area (Å²) in [6.07, 6.45) is 3.52. The Bertz CT molecular complexity index is 1420. The van der Waals surface area contributed by atoms with Crippen molar-refractivity contribution in [3.8, 4) is 5.75 Å². The van der Waals surface area contributed by atoms with Crippen LogP contribution >= 0.6 is 0 Å². The van der Waals surface area contributed by atoms with Crippen molar-refractivity contribution in [3.05, 3.63) is 56.4 Å². The minimum Gasteiger partial charge on any atom is -0.493 e. The quantitative estimate of drug-likeness (QED) is 0.145. The lowest BCUT2D eigenvalue weighted by Crippen LogP contribution is -2.45. The van der Waals surface area contributed by atoms with Crippen LogP contribution in [0.2, 0.25) is 0 Å². The summed E-state index contributed by atoms with van der Waals surface area (Å²) in [6.45, 7) is 6.49. The van der Waals surface area contributed by atoms with E-state index in [1.165, 1.54) is 22.7 Å². The molecule has 1 aromatic heterocycles. The molecule has 0 spiro atoms. The monoisotopic (exact) mass is 592 g/mol. The van der Waals surface area contributed by atoms with Gasteiger partial charge in [0.2, 0.25) is 10.0 Å². The van der Waals surface area contributed by atoms with E-state index in [1.54, 1.807) is 17.7 Å². The van der Waals surface area contributed by atoms with Crippen LogP contribution in [0.3, 0.4) is 0 Å². The topological polar surface area (TPSA) is 178 Å². The molecule has 0 aliphatic carbocycles. The highest BCUT2D eigenvalue weighted by Gasteiger charge is 2.35. The van der Waals surface area contributed by atoms with E-state index in [4.69, 9.17) is 4.74 Å². The highest BCUT2D eigenvalue weighted by Crippen LogP contribution is 2.34. The zero-order valence-electron chi connectivity index (χ0n) is 23.3. The van der Waals surface area contributed by atoms with Crippen molar-refractivity contribution in [1.29, 1.82) is 0 Å². The number of carbonyl (C=O) groups is 1. The van der Waals surface area contributed by atoms with Crippen LogP contribution in [-0.2, 0) is 21.3 Å². The second kappa shape index (κ2) is 12.8. The highest BCUT2D eigenvalue weighted by molar-refractivity contribution is 7.89. The molecule has 14 nitrogen and oxygen atoms in total. The molecule has 224 valence electrons. The van der Waals surface area contributed by atoms with Crippen LogP contribution in [0.1, 0.15) is 78.6 Å². The lowest BCUT2D eigenvalue weighted by atomic mass is 9.95. The van der Waals surface area contributed by atoms with Gasteiger partial charge in [0.1, 0.15) is 17.6 Å². The summed E-state index contributed by atoms with van der Waals surface area (Å²) in [5.41, 5.74) is 6.20. The van der Waals surface area contributed by atoms with Crippen LogP contribution in [0.25, 0.3) is 0 Å². The largest absolute Gasteiger partial charge is 0.493 e. The van der Waals surface area contributed by atoms with Gasteiger partial charge in [-0.15, -0.1) is 10.1 Å². The molecule has 3 heterocycles. The summed E-state index contributed by atoms with van der Waals surface area (Å²) >= 11 is 0. The van der Waals surface area contributed by atoms with Crippen molar-refractivity contribution >= 4 is 22.1 Å². The molecule has 41 heavy (non-hydrogen) atoms. The number of benzene rings is 1. The number of hydrogen-bond donors (Lipinski definition) is 3. The van der Waals surface area contributed by atoms with Crippen molar-refractivity contribution in [3.63, 3.8) is 0 Å². The number of nitrogens with one attached hydrogen (secondary N) is 2. The smallest absolute Gasteiger partial charge is 0.294 e. The number of fused-ring (bicyclic) bond motifs is 1. The second-order valence-electron chi connectivity index (χ2n) is 10.0. The molecule has 3 N–H and O–H groups in total. The number of carbonyl (C=O) groups excluding carboxylic acids is 1. The normalized spacial score (nSPS) is 18.1. The highest BCUT2D eigenvalue weighted by atomic mass is 32.2. The fourth-order valence-corrected chi connectivity index (χ4v) is 6.99. The Morgan fingerprint density at radius 1 is 1.27 bits per heavy atom. The Morgan fingerprint density at radius 3 is 2.63 bits per heavy atom. The zero-order chi connectivity index (χ0) is 29.7. The molecule has 1 fully saturated rings. The van der Waals surface area contributed by atoms with E-state index in [9.17, 15) is 28.5 Å². The van der Waals surface area contributed by atoms with E-state index >= 15 is 0 Å². The molecule has 0 bridgehead atoms. The van der Waals surface area contributed by atoms with Gasteiger partial charge in [-0.2, -0.15) is 4.31 Å². The van der Waals surface area contributed by atoms with Crippen LogP contribution < -0.4 is 15.5 Å². The third-order valence-electron chi connectivity index (χ3n) is 7.51. The Kier molecular flexibility index (Phi) is 9.38. The first-order valence-electron chi connectivity index (χ1n) is 13.7. The number of hydrogen-bond acceptors (Lipinski definition) is 10. The Hall–Kier alpha value is -3.85. The van der Waals surface area contributed by atoms with E-state index < -0.39 is 21.3 Å². The van der Waals surface area contributed by atoms with Crippen molar-refractivity contribution in [2.24, 2.45) is 11.1 Å². The van der Waals surface area contributed by atoms with Crippen molar-refractivity contribution < 1.29 is 33.1 Å². The van der Waals surface area contributed by atoms with Crippen LogP contribution in [0.4, 0.5) is 0 Å². The average molecular weight is 593 g/mol. The third kappa shape index (κ3) is 6.25. The first-order valence-corrected chi connectivity index (χ1v) is 15.1. The van der Waals surface area contributed by atoms with Crippen LogP contribution in [0.15, 0.2) is 28.3 Å². The minimum atomic E-state index is -3.87. The first-order chi connectivity index (χ1) is 19.6. The molecular formula is C26H36N6O8S. The summed E-state index contributed by atoms with van der Waals surface area (Å²) in [7, 11) is -3.87. The summed E-state index contributed by atoms with van der Waals surface area (Å²) in [4.78, 5) is 28.2. The number of sulfonamides is 1. The van der Waals surface area contributed by atoms with Gasteiger partial charge in [0.25, 0.3) is 11.0 Å². The van der Waals surface area contributed by atoms with Gasteiger partial charge in [-0.25, -0.2) is 8.42 Å². The summed E-state index contributed by atoms with van der Waals surface area (Å²) in [5.74, 6) is 0.201. The van der Waals surface area contributed by atoms with E-state index in [0.29, 0.717) is 60.4 Å². The number of oxime groups is 1. The van der Waals surface area contributed by atoms with E-state index in [0.717, 1.165) is 12.1 Å². The van der Waals surface area contributed by atoms with Crippen LogP contribution in [0, 0.1) is 23.0 Å². The number of piperidine rings is 1. The molecule has 1 amide bonds. The van der Waals surface area contributed by atoms with Crippen molar-refractivity contribution in [1.82, 2.24) is 14.3 Å². The molecule has 0 radical (unpaired) electrons. The molecule has 1 saturated heterocycles. The number of amides is 1. The van der Waals surface area contributed by atoms with Gasteiger partial charge in [0.15, 0.2) is 0 Å². The Balaban J connectivity index is 1.62. The average Bonchev–Trinajstić information content (AvgIpc) is 3.20. The Morgan fingerprint density at radius 2 is 2.00 bits per heavy atom. The van der Waals surface area contributed by atoms with E-state index in [2.05, 4.69) is 20.7 Å². The van der Waals surface area contributed by atoms with Gasteiger partial charge in [0, 0.05) is 29.9 Å². The van der Waals surface area contributed by atoms with E-state index in [-0.39, 0.29) is 36.4 Å². The van der Waals surface area contributed by atoms with Gasteiger partial charge in [-0.1, -0.05) is 18.5 Å². The molecule has 1 aromatic carbocycles. The summed E-state index contributed by atoms with van der Waals surface area (Å²) in [6, 6.07) is 4.61. The molecule has 1 atom stereocenters. The maximum absolute atomic E-state index is 13.6. The maximum Gasteiger partial charge on any atom is 0.294 e. The molecule has 0 saturated carbocycles. The fraction of sp³-hybridized carbons (Fsp3) is 0.538. The van der Waals surface area contributed by atoms with Gasteiger partial charge >= 0.3 is 0 Å². The maximum atomic E-state index is 13.6. The molecule has 15 heteroatoms. The molecule has 2 aromatic rings. The van der Waals surface area contributed by atoms with Gasteiger partial charge < -0.3 is 20.1 Å². The number of aromatic nitrogens is 1. The summed E-state index contributed by atoms with van der Waals surface area (Å²) < 4.78 is 36.2. The number of nitrogens with zero attached hydrogens (tertiary/aromatic N) is 4. The lowest BCUT2D eigenvalue weighted by molar-refractivity contribution is -0.758. The SMILES string of the molecule is CCCc1c(/C=N/O)c(C)c2n1NC(c1cc(S(=O)(=O)N3CCC(CCO[N+](=O)[O-])CC3)ccc1OCC)NC2=O. The second-order valence-corrected chi connectivity index (χ2v) is 12.0. The number of ether oxygens (including phenoxy) is 1. The van der Waals surface area contributed by atoms with E-state index in [1.807, 2.05) is 13.8 Å². The molecule has 2 aliphatic heterocycles. The van der Waals surface area contributed by atoms with Crippen molar-refractivity contribution in [2.75, 3.05) is 31.7 Å². The number of rotatable bonds is 12. The predicted molar refractivity (Wildman–Crippen MR) is 149 cm³/mol. The summed E-state index contributed by atoms with van der Waals surface area (Å²) in [5, 5.41) is 24.9. The van der Waals surface area contributed by atoms with Gasteiger partial charge in [-0.3, -0.25) is 14.9 Å². The molecule has 1 unspecified atom stereocenters. The minimum absolute atomic E-state index is 0.0102. The van der Waals surface area contributed by atoms with Crippen molar-refractivity contribution in [2.45, 2.75) is 63.9 Å². The third-order valence-corrected chi connectivity index (χ3v) is 9.41. The van der Waals surface area contributed by atoms with Gasteiger partial charge in [0.05, 0.1) is 24.3 Å². The van der Waals surface area contributed by atoms with Gasteiger partial charge in [-0.05, 0) is 69.2 Å². The molecular weight excluding hydrogens is 556 g/mol. The lowest BCUT2D eigenvalue weighted by Gasteiger charge is -2.32. The standard InChI is InChI=1S/C26H36N6O8S/c1-4-6-22-21(16-27-34)17(3)24-26(33)28-25(29-31(22)24)20-15-19(7-8-23(20)39-5-2)41(37,38)30-12-9-18(10-13-30)11-14-40-32(35)36/h7-8,15-16,18,25,29,34H,4-6,9-14H2,1-3H3,(H,28,33)/b27-16+.